The third-order valence-electron chi connectivity index (χ3n) is 9.02. The van der Waals surface area contributed by atoms with Crippen molar-refractivity contribution in [2.45, 2.75) is 6.92 Å². The summed E-state index contributed by atoms with van der Waals surface area (Å²) in [6.07, 6.45) is 0. The smallest absolute Gasteiger partial charge is 0.200 e. The summed E-state index contributed by atoms with van der Waals surface area (Å²) in [5.41, 5.74) is 4.52. The maximum absolute atomic E-state index is 15.3. The fourth-order valence-corrected chi connectivity index (χ4v) is 6.59. The van der Waals surface area contributed by atoms with Crippen LogP contribution in [0.3, 0.4) is 0 Å². The zero-order valence-electron chi connectivity index (χ0n) is 26.9. The molecule has 0 radical (unpaired) electrons. The number of aromatic nitrogens is 3. The largest absolute Gasteiger partial charge is 0.247 e. The van der Waals surface area contributed by atoms with E-state index in [1.807, 2.05) is 25.1 Å². The molecule has 52 heavy (non-hydrogen) atoms. The molecule has 0 saturated heterocycles. The van der Waals surface area contributed by atoms with Crippen LogP contribution in [0.25, 0.3) is 82.5 Å². The van der Waals surface area contributed by atoms with E-state index in [0.29, 0.717) is 72.0 Å². The molecule has 248 valence electrons. The Hall–Kier alpha value is -7.04. The molecular formula is C42H20F5N5. The number of halogens is 5. The Balaban J connectivity index is 1.50. The molecule has 0 fully saturated rings. The molecule has 0 aliphatic heterocycles. The van der Waals surface area contributed by atoms with Crippen molar-refractivity contribution in [3.8, 4) is 51.0 Å². The minimum Gasteiger partial charge on any atom is -0.247 e. The van der Waals surface area contributed by atoms with Crippen molar-refractivity contribution in [1.29, 1.82) is 5.26 Å². The lowest BCUT2D eigenvalue weighted by Crippen LogP contribution is -2.05. The van der Waals surface area contributed by atoms with Crippen molar-refractivity contribution in [1.82, 2.24) is 15.0 Å². The Bertz CT molecular complexity index is 2850. The van der Waals surface area contributed by atoms with Crippen molar-refractivity contribution < 1.29 is 22.0 Å². The minimum absolute atomic E-state index is 0.140. The van der Waals surface area contributed by atoms with E-state index in [-0.39, 0.29) is 16.8 Å². The number of aryl methyl sites for hydroxylation is 1. The van der Waals surface area contributed by atoms with Crippen LogP contribution in [0.5, 0.6) is 0 Å². The van der Waals surface area contributed by atoms with Gasteiger partial charge in [-0.3, -0.25) is 0 Å². The van der Waals surface area contributed by atoms with Gasteiger partial charge in [-0.2, -0.15) is 5.26 Å². The molecule has 0 saturated carbocycles. The Morgan fingerprint density at radius 2 is 1.15 bits per heavy atom. The molecule has 0 amide bonds. The molecule has 0 aliphatic rings. The van der Waals surface area contributed by atoms with E-state index in [9.17, 15) is 18.4 Å². The Morgan fingerprint density at radius 3 is 1.81 bits per heavy atom. The lowest BCUT2D eigenvalue weighted by Gasteiger charge is -2.18. The molecule has 10 heteroatoms. The van der Waals surface area contributed by atoms with E-state index in [2.05, 4.69) is 10.9 Å². The first-order valence-corrected chi connectivity index (χ1v) is 15.8. The second-order valence-corrected chi connectivity index (χ2v) is 12.0. The van der Waals surface area contributed by atoms with Crippen LogP contribution in [-0.2, 0) is 0 Å². The van der Waals surface area contributed by atoms with Gasteiger partial charge < -0.3 is 0 Å². The molecule has 2 heterocycles. The summed E-state index contributed by atoms with van der Waals surface area (Å²) in [6.45, 7) is 9.20. The third-order valence-corrected chi connectivity index (χ3v) is 9.02. The molecule has 5 nitrogen and oxygen atoms in total. The SMILES string of the molecule is [C-]#[N+]c1ccc(-c2nc3cc(C)c4c(-c5ccccc5-c5c(F)c(F)c(F)c(F)c5F)nc5ccccc5c4c3nc2-c2ccc(C#N)cc2)cc1. The van der Waals surface area contributed by atoms with Gasteiger partial charge in [-0.25, -0.2) is 41.7 Å². The lowest BCUT2D eigenvalue weighted by molar-refractivity contribution is 0.381. The first kappa shape index (κ1) is 32.2. The zero-order chi connectivity index (χ0) is 36.3. The maximum atomic E-state index is 15.3. The van der Waals surface area contributed by atoms with Gasteiger partial charge in [0, 0.05) is 27.3 Å². The maximum Gasteiger partial charge on any atom is 0.200 e. The molecule has 0 atom stereocenters. The minimum atomic E-state index is -2.24. The van der Waals surface area contributed by atoms with Crippen molar-refractivity contribution in [2.24, 2.45) is 0 Å². The Morgan fingerprint density at radius 1 is 0.596 bits per heavy atom. The summed E-state index contributed by atoms with van der Waals surface area (Å²) < 4.78 is 73.8. The molecule has 2 aromatic heterocycles. The number of rotatable bonds is 4. The van der Waals surface area contributed by atoms with E-state index < -0.39 is 34.6 Å². The molecule has 8 rings (SSSR count). The number of hydrogen-bond donors (Lipinski definition) is 0. The van der Waals surface area contributed by atoms with Crippen LogP contribution in [-0.4, -0.2) is 15.0 Å². The number of nitriles is 1. The fraction of sp³-hybridized carbons (Fsp3) is 0.0238. The highest BCUT2D eigenvalue weighted by Crippen LogP contribution is 2.44. The predicted octanol–water partition coefficient (Wildman–Crippen LogP) is 11.4. The van der Waals surface area contributed by atoms with Crippen LogP contribution in [0.4, 0.5) is 27.6 Å². The van der Waals surface area contributed by atoms with Crippen LogP contribution in [0.2, 0.25) is 0 Å². The highest BCUT2D eigenvalue weighted by atomic mass is 19.2. The molecule has 6 aromatic carbocycles. The van der Waals surface area contributed by atoms with Crippen LogP contribution in [0, 0.1) is 53.9 Å². The van der Waals surface area contributed by atoms with Gasteiger partial charge in [0.1, 0.15) is 0 Å². The second kappa shape index (κ2) is 12.4. The van der Waals surface area contributed by atoms with Gasteiger partial charge in [0.15, 0.2) is 29.0 Å². The van der Waals surface area contributed by atoms with E-state index in [1.165, 1.54) is 18.2 Å². The van der Waals surface area contributed by atoms with Gasteiger partial charge in [0.25, 0.3) is 0 Å². The molecule has 8 aromatic rings. The average molecular weight is 690 g/mol. The Kier molecular flexibility index (Phi) is 7.66. The number of benzene rings is 6. The lowest BCUT2D eigenvalue weighted by atomic mass is 9.90. The van der Waals surface area contributed by atoms with Crippen molar-refractivity contribution in [2.75, 3.05) is 0 Å². The van der Waals surface area contributed by atoms with Crippen LogP contribution in [0.15, 0.2) is 103 Å². The summed E-state index contributed by atoms with van der Waals surface area (Å²) in [6, 6.07) is 30.9. The molecule has 0 bridgehead atoms. The molecule has 0 N–H and O–H groups in total. The van der Waals surface area contributed by atoms with Gasteiger partial charge in [0.2, 0.25) is 5.82 Å². The molecular weight excluding hydrogens is 669 g/mol. The van der Waals surface area contributed by atoms with E-state index >= 15 is 8.78 Å². The van der Waals surface area contributed by atoms with Gasteiger partial charge >= 0.3 is 0 Å². The number of nitrogens with zero attached hydrogens (tertiary/aromatic N) is 5. The van der Waals surface area contributed by atoms with Crippen LogP contribution in [0.1, 0.15) is 11.1 Å². The summed E-state index contributed by atoms with van der Waals surface area (Å²) in [4.78, 5) is 18.7. The number of fused-ring (bicyclic) bond motifs is 5. The van der Waals surface area contributed by atoms with Gasteiger partial charge in [0.05, 0.1) is 57.4 Å². The van der Waals surface area contributed by atoms with Crippen LogP contribution >= 0.6 is 0 Å². The van der Waals surface area contributed by atoms with Crippen molar-refractivity contribution >= 4 is 38.4 Å². The van der Waals surface area contributed by atoms with E-state index in [1.54, 1.807) is 66.7 Å². The van der Waals surface area contributed by atoms with E-state index in [0.717, 1.165) is 0 Å². The molecule has 0 spiro atoms. The standard InChI is InChI=1S/C42H20F5N5/c1-21-19-30-42(52-40(23-13-11-22(20-48)12-14-23)39(51-30)24-15-17-25(49-2)18-16-24)32-28-9-5-6-10-29(28)50-41(31(21)32)27-8-4-3-7-26(27)33-34(43)36(45)38(47)37(46)35(33)44/h3-19H,1H3. The average Bonchev–Trinajstić information content (AvgIpc) is 3.18. The highest BCUT2D eigenvalue weighted by Gasteiger charge is 2.29. The van der Waals surface area contributed by atoms with Gasteiger partial charge in [-0.1, -0.05) is 78.9 Å². The summed E-state index contributed by atoms with van der Waals surface area (Å²) in [5.74, 6) is -10.2. The van der Waals surface area contributed by atoms with Gasteiger partial charge in [-0.05, 0) is 47.9 Å². The molecule has 0 aliphatic carbocycles. The van der Waals surface area contributed by atoms with Crippen molar-refractivity contribution in [3.63, 3.8) is 0 Å². The number of hydrogen-bond acceptors (Lipinski definition) is 4. The molecule has 0 unspecified atom stereocenters. The monoisotopic (exact) mass is 689 g/mol. The van der Waals surface area contributed by atoms with Gasteiger partial charge in [-0.15, -0.1) is 0 Å². The number of pyridine rings is 1. The summed E-state index contributed by atoms with van der Waals surface area (Å²) >= 11 is 0. The normalized spacial score (nSPS) is 11.2. The predicted molar refractivity (Wildman–Crippen MR) is 190 cm³/mol. The quantitative estimate of drug-likeness (QED) is 0.0606. The summed E-state index contributed by atoms with van der Waals surface area (Å²) in [7, 11) is 0. The topological polar surface area (TPSA) is 66.8 Å². The Labute approximate surface area is 292 Å². The van der Waals surface area contributed by atoms with Crippen molar-refractivity contribution in [3.05, 3.63) is 155 Å². The highest BCUT2D eigenvalue weighted by molar-refractivity contribution is 6.22. The zero-order valence-corrected chi connectivity index (χ0v) is 26.9. The fourth-order valence-electron chi connectivity index (χ4n) is 6.59. The first-order chi connectivity index (χ1) is 25.2. The van der Waals surface area contributed by atoms with E-state index in [4.69, 9.17) is 21.5 Å². The third kappa shape index (κ3) is 5.00. The van der Waals surface area contributed by atoms with Crippen LogP contribution < -0.4 is 0 Å². The first-order valence-electron chi connectivity index (χ1n) is 15.8. The summed E-state index contributed by atoms with van der Waals surface area (Å²) in [5, 5.41) is 11.3. The second-order valence-electron chi connectivity index (χ2n) is 12.0. The number of para-hydroxylation sites is 1.